The zero-order valence-electron chi connectivity index (χ0n) is 10.5. The predicted molar refractivity (Wildman–Crippen MR) is 70.2 cm³/mol. The van der Waals surface area contributed by atoms with Crippen LogP contribution in [0.15, 0.2) is 22.8 Å². The molecule has 19 heavy (non-hydrogen) atoms. The van der Waals surface area contributed by atoms with Gasteiger partial charge < -0.3 is 14.3 Å². The third kappa shape index (κ3) is 3.50. The topological polar surface area (TPSA) is 69.7 Å². The number of esters is 1. The van der Waals surface area contributed by atoms with E-state index in [0.29, 0.717) is 19.6 Å². The lowest BCUT2D eigenvalue weighted by atomic mass is 9.94. The molecule has 1 aromatic heterocycles. The number of pyridine rings is 1. The Morgan fingerprint density at radius 3 is 3.05 bits per heavy atom. The maximum atomic E-state index is 11.3. The second-order valence-corrected chi connectivity index (χ2v) is 5.06. The Kier molecular flexibility index (Phi) is 4.87. The smallest absolute Gasteiger partial charge is 0.331 e. The van der Waals surface area contributed by atoms with Crippen molar-refractivity contribution in [2.24, 2.45) is 0 Å². The minimum absolute atomic E-state index is 0.115. The van der Waals surface area contributed by atoms with Crippen LogP contribution in [0.3, 0.4) is 0 Å². The zero-order chi connectivity index (χ0) is 13.7. The van der Waals surface area contributed by atoms with E-state index in [9.17, 15) is 4.79 Å². The van der Waals surface area contributed by atoms with E-state index in [0.717, 1.165) is 10.2 Å². The van der Waals surface area contributed by atoms with Gasteiger partial charge in [-0.15, -0.1) is 0 Å². The second-order valence-electron chi connectivity index (χ2n) is 4.14. The Balaban J connectivity index is 2.18. The lowest BCUT2D eigenvalue weighted by Crippen LogP contribution is -2.47. The maximum Gasteiger partial charge on any atom is 0.331 e. The number of halogens is 1. The summed E-state index contributed by atoms with van der Waals surface area (Å²) >= 11 is 3.34. The zero-order valence-corrected chi connectivity index (χ0v) is 12.1. The van der Waals surface area contributed by atoms with Gasteiger partial charge in [-0.05, 0) is 28.1 Å². The van der Waals surface area contributed by atoms with Crippen LogP contribution in [0.4, 0.5) is 0 Å². The third-order valence-electron chi connectivity index (χ3n) is 2.96. The van der Waals surface area contributed by atoms with Crippen molar-refractivity contribution in [2.45, 2.75) is 12.0 Å². The fourth-order valence-corrected chi connectivity index (χ4v) is 2.10. The summed E-state index contributed by atoms with van der Waals surface area (Å²) in [5.41, 5.74) is 2.89. The molecule has 0 spiro atoms. The van der Waals surface area contributed by atoms with E-state index in [1.807, 2.05) is 12.1 Å². The van der Waals surface area contributed by atoms with Gasteiger partial charge in [-0.2, -0.15) is 5.48 Å². The molecule has 6 nitrogen and oxygen atoms in total. The highest BCUT2D eigenvalue weighted by Crippen LogP contribution is 2.30. The first kappa shape index (κ1) is 14.4. The first-order valence-electron chi connectivity index (χ1n) is 5.84. The van der Waals surface area contributed by atoms with Crippen molar-refractivity contribution in [3.63, 3.8) is 0 Å². The molecule has 0 amide bonds. The van der Waals surface area contributed by atoms with Crippen molar-refractivity contribution in [3.8, 4) is 0 Å². The molecule has 1 atom stereocenters. The molecule has 1 N–H and O–H groups in total. The van der Waals surface area contributed by atoms with E-state index in [2.05, 4.69) is 31.1 Å². The van der Waals surface area contributed by atoms with Crippen LogP contribution in [0.2, 0.25) is 0 Å². The van der Waals surface area contributed by atoms with E-state index in [4.69, 9.17) is 9.57 Å². The van der Waals surface area contributed by atoms with Crippen LogP contribution in [0.25, 0.3) is 0 Å². The number of hydrogen-bond donors (Lipinski definition) is 1. The van der Waals surface area contributed by atoms with Gasteiger partial charge in [0.1, 0.15) is 12.2 Å². The number of carbonyl (C=O) groups is 1. The Morgan fingerprint density at radius 2 is 2.47 bits per heavy atom. The minimum Gasteiger partial charge on any atom is -0.467 e. The van der Waals surface area contributed by atoms with Gasteiger partial charge >= 0.3 is 5.97 Å². The van der Waals surface area contributed by atoms with E-state index in [1.165, 1.54) is 7.11 Å². The number of methoxy groups -OCH3 is 1. The Morgan fingerprint density at radius 1 is 1.63 bits per heavy atom. The lowest BCUT2D eigenvalue weighted by molar-refractivity contribution is -0.168. The number of nitrogens with one attached hydrogen (secondary N) is 1. The molecule has 1 aliphatic heterocycles. The van der Waals surface area contributed by atoms with Gasteiger partial charge in [0.2, 0.25) is 0 Å². The molecular formula is C12H15BrN2O4. The van der Waals surface area contributed by atoms with Gasteiger partial charge in [0.25, 0.3) is 0 Å². The summed E-state index contributed by atoms with van der Waals surface area (Å²) in [6.07, 6.45) is 2.32. The average molecular weight is 331 g/mol. The van der Waals surface area contributed by atoms with E-state index in [1.54, 1.807) is 6.20 Å². The standard InChI is InChI=1S/C12H15BrN2O4/c1-17-11(16)7-18-12(4-5-19-15-8-12)10-3-2-9(13)6-14-10/h2-3,6,15H,4-5,7-8H2,1H3. The highest BCUT2D eigenvalue weighted by molar-refractivity contribution is 9.10. The number of hydroxylamine groups is 1. The van der Waals surface area contributed by atoms with Crippen molar-refractivity contribution in [3.05, 3.63) is 28.5 Å². The van der Waals surface area contributed by atoms with Crippen molar-refractivity contribution in [2.75, 3.05) is 26.9 Å². The van der Waals surface area contributed by atoms with Crippen LogP contribution in [0, 0.1) is 0 Å². The van der Waals surface area contributed by atoms with E-state index in [-0.39, 0.29) is 6.61 Å². The summed E-state index contributed by atoms with van der Waals surface area (Å²) < 4.78 is 11.2. The van der Waals surface area contributed by atoms with Crippen LogP contribution in [0.5, 0.6) is 0 Å². The van der Waals surface area contributed by atoms with Gasteiger partial charge in [-0.1, -0.05) is 0 Å². The summed E-state index contributed by atoms with van der Waals surface area (Å²) in [5, 5.41) is 0. The SMILES string of the molecule is COC(=O)COC1(c2ccc(Br)cn2)CCONC1. The molecule has 0 radical (unpaired) electrons. The Labute approximate surface area is 119 Å². The molecule has 0 aromatic carbocycles. The van der Waals surface area contributed by atoms with Crippen molar-refractivity contribution in [1.82, 2.24) is 10.5 Å². The molecule has 1 fully saturated rings. The largest absolute Gasteiger partial charge is 0.467 e. The first-order valence-corrected chi connectivity index (χ1v) is 6.63. The van der Waals surface area contributed by atoms with Gasteiger partial charge in [0.15, 0.2) is 0 Å². The van der Waals surface area contributed by atoms with E-state index < -0.39 is 11.6 Å². The van der Waals surface area contributed by atoms with Gasteiger partial charge in [0.05, 0.1) is 26.0 Å². The minimum atomic E-state index is -0.673. The van der Waals surface area contributed by atoms with Gasteiger partial charge in [-0.3, -0.25) is 4.98 Å². The van der Waals surface area contributed by atoms with E-state index >= 15 is 0 Å². The summed E-state index contributed by atoms with van der Waals surface area (Å²) in [6.45, 7) is 0.799. The number of aromatic nitrogens is 1. The molecule has 1 aromatic rings. The van der Waals surface area contributed by atoms with Crippen LogP contribution >= 0.6 is 15.9 Å². The number of rotatable bonds is 4. The summed E-state index contributed by atoms with van der Waals surface area (Å²) in [5.74, 6) is -0.414. The highest BCUT2D eigenvalue weighted by Gasteiger charge is 2.37. The lowest BCUT2D eigenvalue weighted by Gasteiger charge is -2.36. The Hall–Kier alpha value is -1.02. The molecule has 0 bridgehead atoms. The predicted octanol–water partition coefficient (Wildman–Crippen LogP) is 1.15. The number of nitrogens with zero attached hydrogens (tertiary/aromatic N) is 1. The van der Waals surface area contributed by atoms with Crippen LogP contribution < -0.4 is 5.48 Å². The summed E-state index contributed by atoms with van der Waals surface area (Å²) in [4.78, 5) is 20.7. The monoisotopic (exact) mass is 330 g/mol. The quantitative estimate of drug-likeness (QED) is 0.835. The Bertz CT molecular complexity index is 432. The molecule has 1 unspecified atom stereocenters. The molecular weight excluding hydrogens is 316 g/mol. The van der Waals surface area contributed by atoms with Gasteiger partial charge in [0, 0.05) is 17.1 Å². The molecule has 104 valence electrons. The fraction of sp³-hybridized carbons (Fsp3) is 0.500. The maximum absolute atomic E-state index is 11.3. The van der Waals surface area contributed by atoms with Crippen molar-refractivity contribution < 1.29 is 19.1 Å². The van der Waals surface area contributed by atoms with Crippen molar-refractivity contribution in [1.29, 1.82) is 0 Å². The normalized spacial score (nSPS) is 23.1. The van der Waals surface area contributed by atoms with Crippen molar-refractivity contribution >= 4 is 21.9 Å². The molecule has 0 aliphatic carbocycles. The molecule has 2 rings (SSSR count). The summed E-state index contributed by atoms with van der Waals surface area (Å²) in [7, 11) is 1.33. The number of carbonyl (C=O) groups excluding carboxylic acids is 1. The first-order chi connectivity index (χ1) is 9.16. The fourth-order valence-electron chi connectivity index (χ4n) is 1.86. The molecule has 2 heterocycles. The highest BCUT2D eigenvalue weighted by atomic mass is 79.9. The number of hydrogen-bond acceptors (Lipinski definition) is 6. The second kappa shape index (κ2) is 6.42. The van der Waals surface area contributed by atoms with Crippen LogP contribution in [-0.2, 0) is 24.7 Å². The molecule has 1 saturated heterocycles. The van der Waals surface area contributed by atoms with Crippen LogP contribution in [0.1, 0.15) is 12.1 Å². The third-order valence-corrected chi connectivity index (χ3v) is 3.43. The summed E-state index contributed by atoms with van der Waals surface area (Å²) in [6, 6.07) is 3.76. The van der Waals surface area contributed by atoms with Gasteiger partial charge in [-0.25, -0.2) is 4.79 Å². The molecule has 7 heteroatoms. The number of ether oxygens (including phenoxy) is 2. The molecule has 0 saturated carbocycles. The molecule has 1 aliphatic rings. The van der Waals surface area contributed by atoms with Crippen LogP contribution in [-0.4, -0.2) is 37.8 Å². The average Bonchev–Trinajstić information content (AvgIpc) is 2.46.